The first-order valence-corrected chi connectivity index (χ1v) is 9.46. The summed E-state index contributed by atoms with van der Waals surface area (Å²) < 4.78 is 5.09. The second-order valence-electron chi connectivity index (χ2n) is 5.78. The fourth-order valence-electron chi connectivity index (χ4n) is 2.19. The Morgan fingerprint density at radius 1 is 1.00 bits per heavy atom. The quantitative estimate of drug-likeness (QED) is 0.710. The van der Waals surface area contributed by atoms with Gasteiger partial charge >= 0.3 is 0 Å². The van der Waals surface area contributed by atoms with Gasteiger partial charge in [0.1, 0.15) is 5.75 Å². The third-order valence-electron chi connectivity index (χ3n) is 3.78. The van der Waals surface area contributed by atoms with Gasteiger partial charge in [-0.15, -0.1) is 11.8 Å². The van der Waals surface area contributed by atoms with E-state index in [1.54, 1.807) is 18.9 Å². The highest BCUT2D eigenvalue weighted by Crippen LogP contribution is 2.17. The van der Waals surface area contributed by atoms with Gasteiger partial charge in [0.05, 0.1) is 18.9 Å². The number of carbonyl (C=O) groups excluding carboxylic acids is 2. The molecule has 0 spiro atoms. The molecule has 0 aromatic heterocycles. The monoisotopic (exact) mass is 372 g/mol. The molecule has 1 unspecified atom stereocenters. The standard InChI is InChI=1S/C20H24N2O3S/c1-15(26-14-17-6-4-3-5-7-17)20(24)22-13-19(23)21-12-16-8-10-18(25-2)11-9-16/h3-11,15H,12-14H2,1-2H3,(H,21,23)(H,22,24). The molecule has 6 heteroatoms. The SMILES string of the molecule is COc1ccc(CNC(=O)CNC(=O)C(C)SCc2ccccc2)cc1. The zero-order valence-corrected chi connectivity index (χ0v) is 15.8. The summed E-state index contributed by atoms with van der Waals surface area (Å²) >= 11 is 1.55. The van der Waals surface area contributed by atoms with Crippen LogP contribution in [0.15, 0.2) is 54.6 Å². The average molecular weight is 372 g/mol. The molecule has 1 atom stereocenters. The predicted molar refractivity (Wildman–Crippen MR) is 105 cm³/mol. The van der Waals surface area contributed by atoms with E-state index in [2.05, 4.69) is 10.6 Å². The molecule has 0 aliphatic heterocycles. The lowest BCUT2D eigenvalue weighted by Gasteiger charge is -2.12. The minimum Gasteiger partial charge on any atom is -0.497 e. The highest BCUT2D eigenvalue weighted by atomic mass is 32.2. The molecule has 0 heterocycles. The molecule has 2 amide bonds. The summed E-state index contributed by atoms with van der Waals surface area (Å²) in [6, 6.07) is 17.5. The molecular weight excluding hydrogens is 348 g/mol. The van der Waals surface area contributed by atoms with Crippen molar-refractivity contribution in [2.24, 2.45) is 0 Å². The van der Waals surface area contributed by atoms with Gasteiger partial charge in [-0.1, -0.05) is 42.5 Å². The minimum atomic E-state index is -0.218. The molecule has 2 aromatic rings. The van der Waals surface area contributed by atoms with Gasteiger partial charge in [-0.3, -0.25) is 9.59 Å². The summed E-state index contributed by atoms with van der Waals surface area (Å²) in [7, 11) is 1.61. The first-order chi connectivity index (χ1) is 12.6. The highest BCUT2D eigenvalue weighted by molar-refractivity contribution is 7.99. The van der Waals surface area contributed by atoms with Crippen molar-refractivity contribution in [2.75, 3.05) is 13.7 Å². The number of hydrogen-bond acceptors (Lipinski definition) is 4. The lowest BCUT2D eigenvalue weighted by Crippen LogP contribution is -2.39. The van der Waals surface area contributed by atoms with Crippen LogP contribution in [0.4, 0.5) is 0 Å². The van der Waals surface area contributed by atoms with Crippen molar-refractivity contribution in [1.82, 2.24) is 10.6 Å². The van der Waals surface area contributed by atoms with Crippen molar-refractivity contribution >= 4 is 23.6 Å². The number of thioether (sulfide) groups is 1. The fourth-order valence-corrected chi connectivity index (χ4v) is 3.06. The van der Waals surface area contributed by atoms with E-state index in [-0.39, 0.29) is 23.6 Å². The molecule has 0 saturated carbocycles. The molecule has 2 N–H and O–H groups in total. The van der Waals surface area contributed by atoms with Crippen LogP contribution in [0, 0.1) is 0 Å². The number of rotatable bonds is 9. The molecule has 26 heavy (non-hydrogen) atoms. The number of carbonyl (C=O) groups is 2. The van der Waals surface area contributed by atoms with E-state index in [0.717, 1.165) is 17.1 Å². The molecule has 0 radical (unpaired) electrons. The van der Waals surface area contributed by atoms with Crippen molar-refractivity contribution in [1.29, 1.82) is 0 Å². The molecule has 138 valence electrons. The Morgan fingerprint density at radius 3 is 2.35 bits per heavy atom. The van der Waals surface area contributed by atoms with Crippen molar-refractivity contribution in [3.05, 3.63) is 65.7 Å². The summed E-state index contributed by atoms with van der Waals surface area (Å²) in [5.41, 5.74) is 2.15. The van der Waals surface area contributed by atoms with E-state index in [1.807, 2.05) is 61.5 Å². The van der Waals surface area contributed by atoms with E-state index < -0.39 is 0 Å². The van der Waals surface area contributed by atoms with E-state index in [9.17, 15) is 9.59 Å². The van der Waals surface area contributed by atoms with Crippen LogP contribution in [0.1, 0.15) is 18.1 Å². The van der Waals surface area contributed by atoms with Gasteiger partial charge < -0.3 is 15.4 Å². The van der Waals surface area contributed by atoms with Crippen molar-refractivity contribution in [3.8, 4) is 5.75 Å². The first-order valence-electron chi connectivity index (χ1n) is 8.41. The van der Waals surface area contributed by atoms with Crippen LogP contribution in [0.2, 0.25) is 0 Å². The minimum absolute atomic E-state index is 0.0226. The van der Waals surface area contributed by atoms with Crippen LogP contribution in [0.5, 0.6) is 5.75 Å². The third kappa shape index (κ3) is 6.80. The molecule has 0 aliphatic rings. The Bertz CT molecular complexity index is 705. The summed E-state index contributed by atoms with van der Waals surface area (Å²) in [5, 5.41) is 5.25. The van der Waals surface area contributed by atoms with Crippen LogP contribution < -0.4 is 15.4 Å². The molecule has 0 saturated heterocycles. The molecular formula is C20H24N2O3S. The van der Waals surface area contributed by atoms with Gasteiger partial charge in [-0.25, -0.2) is 0 Å². The average Bonchev–Trinajstić information content (AvgIpc) is 2.69. The predicted octanol–water partition coefficient (Wildman–Crippen LogP) is 2.75. The highest BCUT2D eigenvalue weighted by Gasteiger charge is 2.14. The van der Waals surface area contributed by atoms with Crippen LogP contribution in [-0.4, -0.2) is 30.7 Å². The lowest BCUT2D eigenvalue weighted by atomic mass is 10.2. The van der Waals surface area contributed by atoms with E-state index in [0.29, 0.717) is 6.54 Å². The molecule has 0 fully saturated rings. The fraction of sp³-hybridized carbons (Fsp3) is 0.300. The van der Waals surface area contributed by atoms with Gasteiger partial charge in [-0.05, 0) is 30.2 Å². The van der Waals surface area contributed by atoms with Gasteiger partial charge in [0, 0.05) is 12.3 Å². The van der Waals surface area contributed by atoms with Crippen LogP contribution >= 0.6 is 11.8 Å². The van der Waals surface area contributed by atoms with Crippen molar-refractivity contribution < 1.29 is 14.3 Å². The summed E-state index contributed by atoms with van der Waals surface area (Å²) in [4.78, 5) is 24.0. The van der Waals surface area contributed by atoms with Crippen LogP contribution in [0.25, 0.3) is 0 Å². The number of methoxy groups -OCH3 is 1. The third-order valence-corrected chi connectivity index (χ3v) is 5.00. The van der Waals surface area contributed by atoms with E-state index in [1.165, 1.54) is 5.56 Å². The maximum atomic E-state index is 12.1. The zero-order chi connectivity index (χ0) is 18.8. The van der Waals surface area contributed by atoms with Gasteiger partial charge in [-0.2, -0.15) is 0 Å². The topological polar surface area (TPSA) is 67.4 Å². The largest absolute Gasteiger partial charge is 0.497 e. The summed E-state index contributed by atoms with van der Waals surface area (Å²) in [6.45, 7) is 2.24. The summed E-state index contributed by atoms with van der Waals surface area (Å²) in [6.07, 6.45) is 0. The van der Waals surface area contributed by atoms with Crippen LogP contribution in [-0.2, 0) is 21.9 Å². The number of benzene rings is 2. The number of nitrogens with one attached hydrogen (secondary N) is 2. The van der Waals surface area contributed by atoms with Gasteiger partial charge in [0.2, 0.25) is 11.8 Å². The van der Waals surface area contributed by atoms with Crippen molar-refractivity contribution in [2.45, 2.75) is 24.5 Å². The zero-order valence-electron chi connectivity index (χ0n) is 15.0. The van der Waals surface area contributed by atoms with Gasteiger partial charge in [0.15, 0.2) is 0 Å². The number of hydrogen-bond donors (Lipinski definition) is 2. The number of amides is 2. The second kappa shape index (κ2) is 10.5. The smallest absolute Gasteiger partial charge is 0.239 e. The van der Waals surface area contributed by atoms with E-state index in [4.69, 9.17) is 4.74 Å². The Hall–Kier alpha value is -2.47. The first kappa shape index (κ1) is 19.8. The molecule has 5 nitrogen and oxygen atoms in total. The Morgan fingerprint density at radius 2 is 1.69 bits per heavy atom. The lowest BCUT2D eigenvalue weighted by molar-refractivity contribution is -0.125. The molecule has 2 aromatic carbocycles. The van der Waals surface area contributed by atoms with Crippen molar-refractivity contribution in [3.63, 3.8) is 0 Å². The molecule has 0 aliphatic carbocycles. The Labute approximate surface area is 158 Å². The van der Waals surface area contributed by atoms with Gasteiger partial charge in [0.25, 0.3) is 0 Å². The molecule has 0 bridgehead atoms. The second-order valence-corrected chi connectivity index (χ2v) is 7.11. The number of ether oxygens (including phenoxy) is 1. The maximum absolute atomic E-state index is 12.1. The van der Waals surface area contributed by atoms with E-state index >= 15 is 0 Å². The Balaban J connectivity index is 1.66. The molecule has 2 rings (SSSR count). The van der Waals surface area contributed by atoms with Crippen LogP contribution in [0.3, 0.4) is 0 Å². The normalized spacial score (nSPS) is 11.5. The Kier molecular flexibility index (Phi) is 8.02. The summed E-state index contributed by atoms with van der Waals surface area (Å²) in [5.74, 6) is 1.19. The maximum Gasteiger partial charge on any atom is 0.239 e.